The summed E-state index contributed by atoms with van der Waals surface area (Å²) in [5, 5.41) is 10.5. The minimum Gasteiger partial charge on any atom is -0.458 e. The minimum atomic E-state index is -0.428. The number of carbonyl (C=O) groups excluding carboxylic acids is 1. The number of hydrogen-bond acceptors (Lipinski definition) is 5. The topological polar surface area (TPSA) is 65.0 Å². The number of carbonyl (C=O) groups is 1. The number of rotatable bonds is 7. The van der Waals surface area contributed by atoms with E-state index < -0.39 is 5.79 Å². The van der Waals surface area contributed by atoms with E-state index in [-0.39, 0.29) is 29.0 Å². The van der Waals surface area contributed by atoms with Gasteiger partial charge in [-0.25, -0.2) is 4.79 Å². The second-order valence-corrected chi connectivity index (χ2v) is 15.4. The second kappa shape index (κ2) is 11.2. The van der Waals surface area contributed by atoms with Crippen LogP contribution in [0.15, 0.2) is 30.3 Å². The van der Waals surface area contributed by atoms with Crippen LogP contribution in [0.3, 0.4) is 0 Å². The van der Waals surface area contributed by atoms with Gasteiger partial charge < -0.3 is 19.3 Å². The Kier molecular flexibility index (Phi) is 8.13. The van der Waals surface area contributed by atoms with Crippen LogP contribution in [0, 0.1) is 52.3 Å². The van der Waals surface area contributed by atoms with Crippen LogP contribution in [0.2, 0.25) is 0 Å². The maximum absolute atomic E-state index is 13.5. The quantitative estimate of drug-likeness (QED) is 0.343. The molecule has 1 aromatic rings. The lowest BCUT2D eigenvalue weighted by Gasteiger charge is -2.63. The third-order valence-corrected chi connectivity index (χ3v) is 13.2. The van der Waals surface area contributed by atoms with Gasteiger partial charge in [0, 0.05) is 18.8 Å². The largest absolute Gasteiger partial charge is 0.458 e. The molecule has 6 rings (SSSR count). The second-order valence-electron chi connectivity index (χ2n) is 15.4. The predicted octanol–water partition coefficient (Wildman–Crippen LogP) is 7.66. The van der Waals surface area contributed by atoms with Crippen molar-refractivity contribution in [1.82, 2.24) is 0 Å². The van der Waals surface area contributed by atoms with Crippen molar-refractivity contribution in [1.29, 1.82) is 0 Å². The molecule has 10 atom stereocenters. The molecule has 1 heterocycles. The first kappa shape index (κ1) is 29.6. The van der Waals surface area contributed by atoms with E-state index >= 15 is 0 Å². The van der Waals surface area contributed by atoms with Crippen LogP contribution >= 0.6 is 0 Å². The number of aliphatic hydroxyl groups is 1. The van der Waals surface area contributed by atoms with Gasteiger partial charge in [-0.05, 0) is 110 Å². The smallest absolute Gasteiger partial charge is 0.338 e. The lowest BCUT2D eigenvalue weighted by atomic mass is 9.43. The molecule has 5 nitrogen and oxygen atoms in total. The standard InChI is InChI=1S/C36H54O5/c1-23(2)30(37)14-11-24(3)27-12-13-28-32-29(15-16-35(27,28)5)34(4)17-18-36(39-19-20-40-36)22-26(34)21-31(32)41-33(38)25-9-7-6-8-10-25/h6-10,23-24,26-32,37H,11-22H2,1-5H3/t24?,26-,27+,28?,29?,30+,31+,32?,34-,35+/m0/s1. The summed E-state index contributed by atoms with van der Waals surface area (Å²) in [5.41, 5.74) is 1.14. The van der Waals surface area contributed by atoms with Gasteiger partial charge in [-0.2, -0.15) is 0 Å². The Morgan fingerprint density at radius 1 is 0.951 bits per heavy atom. The third kappa shape index (κ3) is 5.20. The maximum Gasteiger partial charge on any atom is 0.338 e. The van der Waals surface area contributed by atoms with E-state index in [2.05, 4.69) is 34.6 Å². The fraction of sp³-hybridized carbons (Fsp3) is 0.806. The van der Waals surface area contributed by atoms with E-state index in [1.54, 1.807) is 0 Å². The van der Waals surface area contributed by atoms with Crippen molar-refractivity contribution in [3.63, 3.8) is 0 Å². The summed E-state index contributed by atoms with van der Waals surface area (Å²) in [6, 6.07) is 9.56. The fourth-order valence-corrected chi connectivity index (χ4v) is 10.7. The van der Waals surface area contributed by atoms with Crippen molar-refractivity contribution in [3.05, 3.63) is 35.9 Å². The number of hydrogen-bond donors (Lipinski definition) is 1. The van der Waals surface area contributed by atoms with E-state index in [0.717, 1.165) is 38.5 Å². The van der Waals surface area contributed by atoms with Gasteiger partial charge >= 0.3 is 5.97 Å². The molecule has 1 aromatic carbocycles. The number of fused-ring (bicyclic) bond motifs is 5. The van der Waals surface area contributed by atoms with E-state index in [1.165, 1.54) is 25.7 Å². The highest BCUT2D eigenvalue weighted by Gasteiger charge is 2.65. The summed E-state index contributed by atoms with van der Waals surface area (Å²) in [6.45, 7) is 13.2. The lowest BCUT2D eigenvalue weighted by molar-refractivity contribution is -0.242. The van der Waals surface area contributed by atoms with Gasteiger partial charge in [-0.15, -0.1) is 0 Å². The maximum atomic E-state index is 13.5. The van der Waals surface area contributed by atoms with Crippen LogP contribution in [0.5, 0.6) is 0 Å². The zero-order valence-corrected chi connectivity index (χ0v) is 26.1. The molecule has 5 heteroatoms. The van der Waals surface area contributed by atoms with E-state index in [9.17, 15) is 9.90 Å². The Bertz CT molecular complexity index is 1060. The Labute approximate surface area is 248 Å². The highest BCUT2D eigenvalue weighted by molar-refractivity contribution is 5.89. The molecule has 4 aliphatic carbocycles. The van der Waals surface area contributed by atoms with Crippen molar-refractivity contribution in [2.45, 2.75) is 117 Å². The summed E-state index contributed by atoms with van der Waals surface area (Å²) in [6.07, 6.45) is 10.6. The van der Waals surface area contributed by atoms with Crippen molar-refractivity contribution in [2.24, 2.45) is 52.3 Å². The van der Waals surface area contributed by atoms with E-state index in [4.69, 9.17) is 14.2 Å². The van der Waals surface area contributed by atoms with Crippen LogP contribution in [-0.2, 0) is 14.2 Å². The van der Waals surface area contributed by atoms with Crippen LogP contribution in [0.25, 0.3) is 0 Å². The van der Waals surface area contributed by atoms with Gasteiger partial charge in [0.05, 0.1) is 24.9 Å². The Hall–Kier alpha value is -1.43. The summed E-state index contributed by atoms with van der Waals surface area (Å²) >= 11 is 0. The average Bonchev–Trinajstić information content (AvgIpc) is 3.56. The van der Waals surface area contributed by atoms with Crippen molar-refractivity contribution >= 4 is 5.97 Å². The zero-order chi connectivity index (χ0) is 29.0. The first-order chi connectivity index (χ1) is 19.6. The monoisotopic (exact) mass is 566 g/mol. The van der Waals surface area contributed by atoms with Gasteiger partial charge in [0.25, 0.3) is 0 Å². The summed E-state index contributed by atoms with van der Waals surface area (Å²) in [7, 11) is 0. The SMILES string of the molecule is CC(C)[C@H](O)CCC(C)[C@H]1CCC2C3C(CC[C@@]21C)[C@@]1(C)CCC2(C[C@@H]1C[C@H]3OC(=O)c1ccccc1)OCCO2. The molecule has 4 unspecified atom stereocenters. The first-order valence-corrected chi connectivity index (χ1v) is 16.8. The zero-order valence-electron chi connectivity index (χ0n) is 26.1. The van der Waals surface area contributed by atoms with Crippen molar-refractivity contribution in [3.8, 4) is 0 Å². The molecule has 1 spiro atoms. The molecule has 228 valence electrons. The van der Waals surface area contributed by atoms with E-state index in [0.29, 0.717) is 60.2 Å². The summed E-state index contributed by atoms with van der Waals surface area (Å²) in [5.74, 6) is 2.95. The van der Waals surface area contributed by atoms with Crippen LogP contribution < -0.4 is 0 Å². The molecule has 1 N–H and O–H groups in total. The Morgan fingerprint density at radius 3 is 2.37 bits per heavy atom. The predicted molar refractivity (Wildman–Crippen MR) is 160 cm³/mol. The first-order valence-electron chi connectivity index (χ1n) is 16.8. The van der Waals surface area contributed by atoms with Crippen LogP contribution in [-0.4, -0.2) is 42.3 Å². The van der Waals surface area contributed by atoms with Crippen LogP contribution in [0.1, 0.15) is 109 Å². The van der Waals surface area contributed by atoms with Crippen molar-refractivity contribution < 1.29 is 24.1 Å². The number of aliphatic hydroxyl groups excluding tert-OH is 1. The Morgan fingerprint density at radius 2 is 1.66 bits per heavy atom. The van der Waals surface area contributed by atoms with Gasteiger partial charge in [0.1, 0.15) is 6.10 Å². The molecular formula is C36H54O5. The molecule has 5 aliphatic rings. The number of benzene rings is 1. The normalized spacial score (nSPS) is 41.0. The molecule has 0 bridgehead atoms. The molecule has 5 fully saturated rings. The highest BCUT2D eigenvalue weighted by atomic mass is 16.7. The highest BCUT2D eigenvalue weighted by Crippen LogP contribution is 2.69. The molecule has 1 saturated heterocycles. The number of esters is 1. The molecule has 0 amide bonds. The lowest BCUT2D eigenvalue weighted by Crippen LogP contribution is -2.60. The molecule has 41 heavy (non-hydrogen) atoms. The van der Waals surface area contributed by atoms with E-state index in [1.807, 2.05) is 30.3 Å². The summed E-state index contributed by atoms with van der Waals surface area (Å²) < 4.78 is 19.1. The third-order valence-electron chi connectivity index (χ3n) is 13.2. The molecular weight excluding hydrogens is 512 g/mol. The molecule has 4 saturated carbocycles. The number of ether oxygens (including phenoxy) is 3. The fourth-order valence-electron chi connectivity index (χ4n) is 10.7. The molecule has 0 aromatic heterocycles. The molecule has 1 aliphatic heterocycles. The summed E-state index contributed by atoms with van der Waals surface area (Å²) in [4.78, 5) is 13.5. The Balaban J connectivity index is 1.27. The van der Waals surface area contributed by atoms with Gasteiger partial charge in [-0.3, -0.25) is 0 Å². The average molecular weight is 567 g/mol. The molecule has 0 radical (unpaired) electrons. The van der Waals surface area contributed by atoms with Crippen LogP contribution in [0.4, 0.5) is 0 Å². The van der Waals surface area contributed by atoms with Gasteiger partial charge in [-0.1, -0.05) is 52.8 Å². The van der Waals surface area contributed by atoms with Gasteiger partial charge in [0.15, 0.2) is 5.79 Å². The minimum absolute atomic E-state index is 0.0659. The van der Waals surface area contributed by atoms with Gasteiger partial charge in [0.2, 0.25) is 0 Å². The van der Waals surface area contributed by atoms with Crippen molar-refractivity contribution in [2.75, 3.05) is 13.2 Å².